The molecular formula is C17H23N3O8S. The van der Waals surface area contributed by atoms with E-state index in [4.69, 9.17) is 0 Å². The molecular weight excluding hydrogens is 406 g/mol. The summed E-state index contributed by atoms with van der Waals surface area (Å²) in [6, 6.07) is 0.272. The Hall–Kier alpha value is -2.76. The summed E-state index contributed by atoms with van der Waals surface area (Å²) in [7, 11) is -2.16. The highest BCUT2D eigenvalue weighted by atomic mass is 32.2. The number of carbonyl (C=O) groups is 2. The van der Waals surface area contributed by atoms with Crippen molar-refractivity contribution in [1.82, 2.24) is 9.47 Å². The molecule has 1 atom stereocenters. The Labute approximate surface area is 167 Å². The fourth-order valence-corrected chi connectivity index (χ4v) is 4.93. The molecule has 12 heteroatoms. The van der Waals surface area contributed by atoms with Gasteiger partial charge in [-0.25, -0.2) is 13.2 Å². The maximum atomic E-state index is 12.9. The van der Waals surface area contributed by atoms with Gasteiger partial charge in [0.05, 0.1) is 29.1 Å². The van der Waals surface area contributed by atoms with Crippen LogP contribution in [0.3, 0.4) is 0 Å². The Bertz CT molecular complexity index is 983. The summed E-state index contributed by atoms with van der Waals surface area (Å²) in [4.78, 5) is 48.7. The number of aromatic nitrogens is 1. The molecule has 29 heavy (non-hydrogen) atoms. The number of sulfone groups is 1. The Morgan fingerprint density at radius 1 is 1.41 bits per heavy atom. The first-order valence-corrected chi connectivity index (χ1v) is 10.7. The SMILES string of the molecule is COC(=O)c1cc([N+](=O)[O-])c(=O)n(CC(=O)N(CC(C)C)C2CCS(=O)(=O)C2)c1. The molecule has 1 aliphatic heterocycles. The van der Waals surface area contributed by atoms with Crippen LogP contribution in [-0.2, 0) is 25.9 Å². The second-order valence-electron chi connectivity index (χ2n) is 7.29. The molecule has 1 aliphatic rings. The number of hydrogen-bond donors (Lipinski definition) is 0. The number of hydrogen-bond acceptors (Lipinski definition) is 8. The van der Waals surface area contributed by atoms with Gasteiger partial charge in [-0.15, -0.1) is 0 Å². The van der Waals surface area contributed by atoms with E-state index in [1.165, 1.54) is 4.90 Å². The lowest BCUT2D eigenvalue weighted by molar-refractivity contribution is -0.386. The van der Waals surface area contributed by atoms with Gasteiger partial charge in [-0.1, -0.05) is 13.8 Å². The number of amides is 1. The molecule has 0 saturated carbocycles. The second-order valence-corrected chi connectivity index (χ2v) is 9.52. The summed E-state index contributed by atoms with van der Waals surface area (Å²) in [5.74, 6) is -1.60. The highest BCUT2D eigenvalue weighted by Crippen LogP contribution is 2.20. The molecule has 160 valence electrons. The molecule has 0 N–H and O–H groups in total. The maximum absolute atomic E-state index is 12.9. The van der Waals surface area contributed by atoms with Crippen molar-refractivity contribution in [2.24, 2.45) is 5.92 Å². The Morgan fingerprint density at radius 3 is 2.55 bits per heavy atom. The van der Waals surface area contributed by atoms with Crippen molar-refractivity contribution in [3.63, 3.8) is 0 Å². The molecule has 0 aliphatic carbocycles. The quantitative estimate of drug-likeness (QED) is 0.340. The fraction of sp³-hybridized carbons (Fsp3) is 0.588. The molecule has 0 spiro atoms. The minimum absolute atomic E-state index is 0.0250. The lowest BCUT2D eigenvalue weighted by Gasteiger charge is -2.30. The number of esters is 1. The van der Waals surface area contributed by atoms with Gasteiger partial charge in [0.15, 0.2) is 9.84 Å². The van der Waals surface area contributed by atoms with Crippen LogP contribution < -0.4 is 5.56 Å². The van der Waals surface area contributed by atoms with E-state index in [0.29, 0.717) is 0 Å². The third kappa shape index (κ3) is 5.40. The van der Waals surface area contributed by atoms with Crippen molar-refractivity contribution >= 4 is 27.4 Å². The first kappa shape index (κ1) is 22.5. The average molecular weight is 429 g/mol. The predicted octanol–water partition coefficient (Wildman–Crippen LogP) is 0.215. The summed E-state index contributed by atoms with van der Waals surface area (Å²) in [5.41, 5.74) is -2.15. The van der Waals surface area contributed by atoms with Crippen LogP contribution in [0.5, 0.6) is 0 Å². The summed E-state index contributed by atoms with van der Waals surface area (Å²) >= 11 is 0. The van der Waals surface area contributed by atoms with Crippen molar-refractivity contribution in [3.8, 4) is 0 Å². The Kier molecular flexibility index (Phi) is 6.77. The van der Waals surface area contributed by atoms with Crippen LogP contribution in [-0.4, -0.2) is 65.9 Å². The number of ether oxygens (including phenoxy) is 1. The standard InChI is InChI=1S/C17H23N3O8S/c1-11(2)7-19(13-4-5-29(26,27)10-13)15(21)9-18-8-12(17(23)28-3)6-14(16(18)22)20(24)25/h6,8,11,13H,4-5,7,9-10H2,1-3H3. The van der Waals surface area contributed by atoms with Crippen LogP contribution in [0.15, 0.2) is 17.1 Å². The van der Waals surface area contributed by atoms with E-state index in [2.05, 4.69) is 4.74 Å². The molecule has 2 rings (SSSR count). The topological polar surface area (TPSA) is 146 Å². The number of methoxy groups -OCH3 is 1. The molecule has 1 fully saturated rings. The molecule has 1 unspecified atom stereocenters. The highest BCUT2D eigenvalue weighted by Gasteiger charge is 2.35. The maximum Gasteiger partial charge on any atom is 0.339 e. The summed E-state index contributed by atoms with van der Waals surface area (Å²) in [6.45, 7) is 3.43. The van der Waals surface area contributed by atoms with Gasteiger partial charge in [-0.05, 0) is 12.3 Å². The van der Waals surface area contributed by atoms with Crippen molar-refractivity contribution in [2.75, 3.05) is 25.2 Å². The van der Waals surface area contributed by atoms with Crippen LogP contribution in [0.1, 0.15) is 30.6 Å². The van der Waals surface area contributed by atoms with Crippen LogP contribution in [0, 0.1) is 16.0 Å². The van der Waals surface area contributed by atoms with E-state index in [1.54, 1.807) is 0 Å². The van der Waals surface area contributed by atoms with Gasteiger partial charge < -0.3 is 9.64 Å². The smallest absolute Gasteiger partial charge is 0.339 e. The monoisotopic (exact) mass is 429 g/mol. The Morgan fingerprint density at radius 2 is 2.07 bits per heavy atom. The van der Waals surface area contributed by atoms with E-state index in [9.17, 15) is 32.9 Å². The van der Waals surface area contributed by atoms with Gasteiger partial charge in [0.1, 0.15) is 6.54 Å². The molecule has 2 heterocycles. The fourth-order valence-electron chi connectivity index (χ4n) is 3.20. The van der Waals surface area contributed by atoms with Gasteiger partial charge >= 0.3 is 17.2 Å². The predicted molar refractivity (Wildman–Crippen MR) is 102 cm³/mol. The molecule has 1 aromatic heterocycles. The van der Waals surface area contributed by atoms with Gasteiger partial charge in [-0.2, -0.15) is 0 Å². The highest BCUT2D eigenvalue weighted by molar-refractivity contribution is 7.91. The summed E-state index contributed by atoms with van der Waals surface area (Å²) in [5, 5.41) is 11.2. The zero-order valence-electron chi connectivity index (χ0n) is 16.4. The Balaban J connectivity index is 2.40. The zero-order valence-corrected chi connectivity index (χ0v) is 17.2. The normalized spacial score (nSPS) is 17.9. The summed E-state index contributed by atoms with van der Waals surface area (Å²) < 4.78 is 29.0. The zero-order chi connectivity index (χ0) is 21.9. The van der Waals surface area contributed by atoms with E-state index < -0.39 is 50.5 Å². The molecule has 0 radical (unpaired) electrons. The van der Waals surface area contributed by atoms with Crippen LogP contribution in [0.2, 0.25) is 0 Å². The van der Waals surface area contributed by atoms with Crippen LogP contribution in [0.4, 0.5) is 5.69 Å². The number of nitrogens with zero attached hydrogens (tertiary/aromatic N) is 3. The lowest BCUT2D eigenvalue weighted by Crippen LogP contribution is -2.45. The first-order valence-electron chi connectivity index (χ1n) is 8.92. The minimum atomic E-state index is -3.24. The lowest BCUT2D eigenvalue weighted by atomic mass is 10.1. The van der Waals surface area contributed by atoms with E-state index in [0.717, 1.165) is 23.9 Å². The van der Waals surface area contributed by atoms with Gasteiger partial charge in [0.2, 0.25) is 5.91 Å². The van der Waals surface area contributed by atoms with Crippen molar-refractivity contribution in [3.05, 3.63) is 38.3 Å². The van der Waals surface area contributed by atoms with Gasteiger partial charge in [0, 0.05) is 24.8 Å². The van der Waals surface area contributed by atoms with E-state index in [-0.39, 0.29) is 36.0 Å². The molecule has 1 saturated heterocycles. The first-order chi connectivity index (χ1) is 13.4. The van der Waals surface area contributed by atoms with Crippen molar-refractivity contribution < 1.29 is 27.7 Å². The molecule has 11 nitrogen and oxygen atoms in total. The third-order valence-electron chi connectivity index (χ3n) is 4.52. The number of rotatable bonds is 7. The van der Waals surface area contributed by atoms with Gasteiger partial charge in [0.25, 0.3) is 0 Å². The molecule has 1 amide bonds. The van der Waals surface area contributed by atoms with Crippen LogP contribution >= 0.6 is 0 Å². The van der Waals surface area contributed by atoms with Crippen molar-refractivity contribution in [1.29, 1.82) is 0 Å². The largest absolute Gasteiger partial charge is 0.465 e. The number of nitro groups is 1. The van der Waals surface area contributed by atoms with E-state index in [1.807, 2.05) is 13.8 Å². The van der Waals surface area contributed by atoms with E-state index >= 15 is 0 Å². The molecule has 0 aromatic carbocycles. The summed E-state index contributed by atoms with van der Waals surface area (Å²) in [6.07, 6.45) is 1.32. The van der Waals surface area contributed by atoms with Gasteiger partial charge in [-0.3, -0.25) is 24.3 Å². The molecule has 1 aromatic rings. The minimum Gasteiger partial charge on any atom is -0.465 e. The third-order valence-corrected chi connectivity index (χ3v) is 6.27. The second kappa shape index (κ2) is 8.72. The number of pyridine rings is 1. The van der Waals surface area contributed by atoms with Crippen LogP contribution in [0.25, 0.3) is 0 Å². The molecule has 0 bridgehead atoms. The number of carbonyl (C=O) groups excluding carboxylic acids is 2. The van der Waals surface area contributed by atoms with Crippen molar-refractivity contribution in [2.45, 2.75) is 32.9 Å². The average Bonchev–Trinajstić information content (AvgIpc) is 2.99.